The van der Waals surface area contributed by atoms with E-state index in [9.17, 15) is 9.18 Å². The summed E-state index contributed by atoms with van der Waals surface area (Å²) in [5.41, 5.74) is 4.97. The largest absolute Gasteiger partial charge is 0.461 e. The number of amides is 1. The lowest BCUT2D eigenvalue weighted by Gasteiger charge is -2.29. The second-order valence-corrected chi connectivity index (χ2v) is 10.7. The third-order valence-electron chi connectivity index (χ3n) is 7.41. The lowest BCUT2D eigenvalue weighted by molar-refractivity contribution is -0.130. The van der Waals surface area contributed by atoms with Gasteiger partial charge < -0.3 is 4.42 Å². The number of fused-ring (bicyclic) bond motifs is 3. The van der Waals surface area contributed by atoms with Crippen LogP contribution in [-0.2, 0) is 11.2 Å². The molecule has 198 valence electrons. The molecule has 7 nitrogen and oxygen atoms in total. The van der Waals surface area contributed by atoms with E-state index in [1.165, 1.54) is 29.5 Å². The van der Waals surface area contributed by atoms with Crippen LogP contribution in [0.3, 0.4) is 0 Å². The van der Waals surface area contributed by atoms with Gasteiger partial charge in [-0.15, -0.1) is 10.2 Å². The Labute approximate surface area is 234 Å². The molecule has 3 heterocycles. The van der Waals surface area contributed by atoms with E-state index in [1.54, 1.807) is 29.5 Å². The number of benzene rings is 3. The summed E-state index contributed by atoms with van der Waals surface area (Å²) in [6.45, 7) is 0. The van der Waals surface area contributed by atoms with Crippen LogP contribution in [0.25, 0.3) is 17.3 Å². The van der Waals surface area contributed by atoms with Crippen LogP contribution >= 0.6 is 11.8 Å². The predicted octanol–water partition coefficient (Wildman–Crippen LogP) is 6.31. The van der Waals surface area contributed by atoms with Crippen LogP contribution in [0.1, 0.15) is 29.2 Å². The van der Waals surface area contributed by atoms with Gasteiger partial charge in [0.1, 0.15) is 5.82 Å². The van der Waals surface area contributed by atoms with Gasteiger partial charge in [-0.05, 0) is 60.4 Å². The first-order valence-corrected chi connectivity index (χ1v) is 14.1. The van der Waals surface area contributed by atoms with Gasteiger partial charge in [-0.25, -0.2) is 9.40 Å². The van der Waals surface area contributed by atoms with Crippen molar-refractivity contribution in [1.82, 2.24) is 19.8 Å². The maximum atomic E-state index is 13.9. The number of aryl methyl sites for hydroxylation is 1. The van der Waals surface area contributed by atoms with Gasteiger partial charge in [0.05, 0.1) is 23.8 Å². The van der Waals surface area contributed by atoms with E-state index in [4.69, 9.17) is 9.52 Å². The monoisotopic (exact) mass is 549 g/mol. The van der Waals surface area contributed by atoms with Crippen LogP contribution in [0.5, 0.6) is 0 Å². The summed E-state index contributed by atoms with van der Waals surface area (Å²) < 4.78 is 21.3. The Balaban J connectivity index is 1.21. The molecule has 5 aromatic rings. The molecule has 2 atom stereocenters. The van der Waals surface area contributed by atoms with E-state index in [0.29, 0.717) is 16.7 Å². The highest BCUT2D eigenvalue weighted by molar-refractivity contribution is 7.99. The van der Waals surface area contributed by atoms with Crippen molar-refractivity contribution in [2.24, 2.45) is 11.0 Å². The summed E-state index contributed by atoms with van der Waals surface area (Å²) in [6.07, 6.45) is 3.36. The van der Waals surface area contributed by atoms with Gasteiger partial charge in [-0.2, -0.15) is 5.10 Å². The average molecular weight is 550 g/mol. The molecule has 9 heteroatoms. The third kappa shape index (κ3) is 4.32. The molecule has 0 radical (unpaired) electrons. The summed E-state index contributed by atoms with van der Waals surface area (Å²) in [5.74, 6) is 0.817. The molecule has 2 aliphatic rings. The van der Waals surface area contributed by atoms with Crippen LogP contribution in [0.2, 0.25) is 0 Å². The fraction of sp³-hybridized carbons (Fsp3) is 0.161. The number of rotatable bonds is 6. The Bertz CT molecular complexity index is 1700. The van der Waals surface area contributed by atoms with E-state index in [0.717, 1.165) is 35.4 Å². The predicted molar refractivity (Wildman–Crippen MR) is 151 cm³/mol. The maximum absolute atomic E-state index is 13.9. The van der Waals surface area contributed by atoms with Gasteiger partial charge in [0, 0.05) is 17.2 Å². The number of hydrogen-bond acceptors (Lipinski definition) is 6. The number of carbonyl (C=O) groups excluding carboxylic acids is 1. The number of halogens is 1. The van der Waals surface area contributed by atoms with Crippen molar-refractivity contribution in [3.63, 3.8) is 0 Å². The van der Waals surface area contributed by atoms with Crippen molar-refractivity contribution in [1.29, 1.82) is 0 Å². The molecule has 40 heavy (non-hydrogen) atoms. The van der Waals surface area contributed by atoms with E-state index in [2.05, 4.69) is 22.3 Å². The molecule has 0 unspecified atom stereocenters. The summed E-state index contributed by atoms with van der Waals surface area (Å²) in [6, 6.07) is 27.7. The van der Waals surface area contributed by atoms with Gasteiger partial charge >= 0.3 is 0 Å². The lowest BCUT2D eigenvalue weighted by atomic mass is 9.77. The highest BCUT2D eigenvalue weighted by atomic mass is 32.2. The Morgan fingerprint density at radius 3 is 2.55 bits per heavy atom. The summed E-state index contributed by atoms with van der Waals surface area (Å²) in [7, 11) is 0. The molecule has 0 saturated carbocycles. The normalized spacial score (nSPS) is 17.8. The van der Waals surface area contributed by atoms with Crippen molar-refractivity contribution in [3.05, 3.63) is 120 Å². The first-order valence-electron chi connectivity index (χ1n) is 13.1. The van der Waals surface area contributed by atoms with E-state index in [-0.39, 0.29) is 29.4 Å². The topological polar surface area (TPSA) is 76.5 Å². The minimum Gasteiger partial charge on any atom is -0.461 e. The molecule has 2 aromatic heterocycles. The molecule has 7 rings (SSSR count). The number of thioether (sulfide) groups is 1. The van der Waals surface area contributed by atoms with Crippen LogP contribution in [0.4, 0.5) is 4.39 Å². The quantitative estimate of drug-likeness (QED) is 0.232. The van der Waals surface area contributed by atoms with Crippen molar-refractivity contribution < 1.29 is 13.6 Å². The minimum absolute atomic E-state index is 0.0350. The van der Waals surface area contributed by atoms with Gasteiger partial charge in [0.15, 0.2) is 10.9 Å². The fourth-order valence-corrected chi connectivity index (χ4v) is 6.40. The highest BCUT2D eigenvalue weighted by Crippen LogP contribution is 2.43. The molecule has 0 bridgehead atoms. The standard InChI is InChI=1S/C31H24FN5O2S/c32-22-15-12-21(13-16-22)29-25-17-14-20-7-4-5-10-24(20)28(25)35-37(29)27(38)19-40-31-34-33-30(26-11-6-18-39-26)36(31)23-8-2-1-3-9-23/h1-13,15-16,18,25,29H,14,17,19H2/t25-,29+/m1/s1. The summed E-state index contributed by atoms with van der Waals surface area (Å²) in [4.78, 5) is 13.9. The average Bonchev–Trinajstić information content (AvgIpc) is 3.75. The van der Waals surface area contributed by atoms with E-state index in [1.807, 2.05) is 53.1 Å². The Morgan fingerprint density at radius 1 is 0.950 bits per heavy atom. The molecule has 0 fully saturated rings. The van der Waals surface area contributed by atoms with Crippen LogP contribution in [0.15, 0.2) is 112 Å². The number of aromatic nitrogens is 3. The number of hydrogen-bond donors (Lipinski definition) is 0. The van der Waals surface area contributed by atoms with Crippen molar-refractivity contribution in [3.8, 4) is 17.3 Å². The summed E-state index contributed by atoms with van der Waals surface area (Å²) >= 11 is 1.30. The second-order valence-electron chi connectivity index (χ2n) is 9.77. The molecule has 0 N–H and O–H groups in total. The Kier molecular flexibility index (Phi) is 6.28. The van der Waals surface area contributed by atoms with Crippen LogP contribution in [-0.4, -0.2) is 37.1 Å². The molecule has 0 saturated heterocycles. The van der Waals surface area contributed by atoms with Gasteiger partial charge in [-0.3, -0.25) is 9.36 Å². The first-order chi connectivity index (χ1) is 19.7. The van der Waals surface area contributed by atoms with Gasteiger partial charge in [0.25, 0.3) is 5.91 Å². The van der Waals surface area contributed by atoms with Gasteiger partial charge in [0.2, 0.25) is 5.82 Å². The highest BCUT2D eigenvalue weighted by Gasteiger charge is 2.43. The third-order valence-corrected chi connectivity index (χ3v) is 8.32. The molecule has 1 amide bonds. The van der Waals surface area contributed by atoms with Crippen LogP contribution < -0.4 is 0 Å². The maximum Gasteiger partial charge on any atom is 0.253 e. The molecule has 3 aromatic carbocycles. The number of furan rings is 1. The molecule has 0 spiro atoms. The van der Waals surface area contributed by atoms with Crippen molar-refractivity contribution >= 4 is 23.4 Å². The van der Waals surface area contributed by atoms with Crippen LogP contribution in [0, 0.1) is 11.7 Å². The fourth-order valence-electron chi connectivity index (χ4n) is 5.60. The smallest absolute Gasteiger partial charge is 0.253 e. The van der Waals surface area contributed by atoms with Crippen molar-refractivity contribution in [2.75, 3.05) is 5.75 Å². The Morgan fingerprint density at radius 2 is 1.75 bits per heavy atom. The molecule has 1 aliphatic heterocycles. The minimum atomic E-state index is -0.307. The molecular weight excluding hydrogens is 525 g/mol. The number of para-hydroxylation sites is 1. The summed E-state index contributed by atoms with van der Waals surface area (Å²) in [5, 5.41) is 15.8. The van der Waals surface area contributed by atoms with Crippen molar-refractivity contribution in [2.45, 2.75) is 24.0 Å². The Hall–Kier alpha value is -4.50. The number of hydrazone groups is 1. The SMILES string of the molecule is O=C(CSc1nnc(-c2ccco2)n1-c1ccccc1)N1N=C2c3ccccc3CC[C@H]2[C@@H]1c1ccc(F)cc1. The second kappa shape index (κ2) is 10.2. The first kappa shape index (κ1) is 24.5. The molecular formula is C31H24FN5O2S. The molecule has 1 aliphatic carbocycles. The number of nitrogens with zero attached hydrogens (tertiary/aromatic N) is 5. The zero-order valence-electron chi connectivity index (χ0n) is 21.4. The van der Waals surface area contributed by atoms with Gasteiger partial charge in [-0.1, -0.05) is 66.4 Å². The number of carbonyl (C=O) groups is 1. The lowest BCUT2D eigenvalue weighted by Crippen LogP contribution is -2.33. The zero-order valence-corrected chi connectivity index (χ0v) is 22.2. The zero-order chi connectivity index (χ0) is 27.1. The van der Waals surface area contributed by atoms with E-state index >= 15 is 0 Å². The van der Waals surface area contributed by atoms with E-state index < -0.39 is 0 Å².